The average Bonchev–Trinajstić information content (AvgIpc) is 2.38. The molecule has 0 unspecified atom stereocenters. The number of hydrogen-bond acceptors (Lipinski definition) is 4. The number of nitrogens with one attached hydrogen (secondary N) is 2. The molecule has 0 bridgehead atoms. The number of rotatable bonds is 4. The van der Waals surface area contributed by atoms with Gasteiger partial charge in [-0.3, -0.25) is 0 Å². The van der Waals surface area contributed by atoms with Crippen LogP contribution < -0.4 is 10.6 Å². The molecule has 0 aliphatic heterocycles. The van der Waals surface area contributed by atoms with Gasteiger partial charge in [-0.2, -0.15) is 0 Å². The van der Waals surface area contributed by atoms with Gasteiger partial charge >= 0.3 is 0 Å². The first-order valence-electron chi connectivity index (χ1n) is 5.16. The third-order valence-corrected chi connectivity index (χ3v) is 2.23. The third-order valence-electron chi connectivity index (χ3n) is 2.23. The first kappa shape index (κ1) is 10.4. The monoisotopic (exact) mass is 214 g/mol. The van der Waals surface area contributed by atoms with Crippen molar-refractivity contribution in [2.45, 2.75) is 6.54 Å². The predicted molar refractivity (Wildman–Crippen MR) is 65.3 cm³/mol. The maximum Gasteiger partial charge on any atom is 0.129 e. The standard InChI is InChI=1S/C12H14N4/c1-13-12-7-11(15-9-16-12)8-14-10-5-3-2-4-6-10/h2-7,9,14H,8H2,1H3,(H,13,15,16). The fourth-order valence-electron chi connectivity index (χ4n) is 1.38. The Morgan fingerprint density at radius 3 is 2.69 bits per heavy atom. The van der Waals surface area contributed by atoms with Crippen LogP contribution in [-0.2, 0) is 6.54 Å². The molecule has 0 aliphatic carbocycles. The van der Waals surface area contributed by atoms with Crippen LogP contribution in [0.1, 0.15) is 5.69 Å². The molecule has 0 fully saturated rings. The SMILES string of the molecule is CNc1cc(CNc2ccccc2)ncn1. The summed E-state index contributed by atoms with van der Waals surface area (Å²) >= 11 is 0. The highest BCUT2D eigenvalue weighted by Gasteiger charge is 1.97. The van der Waals surface area contributed by atoms with Crippen LogP contribution in [0.3, 0.4) is 0 Å². The Morgan fingerprint density at radius 2 is 1.94 bits per heavy atom. The van der Waals surface area contributed by atoms with E-state index >= 15 is 0 Å². The lowest BCUT2D eigenvalue weighted by Crippen LogP contribution is -2.03. The normalized spacial score (nSPS) is 9.81. The molecule has 1 heterocycles. The molecule has 0 amide bonds. The lowest BCUT2D eigenvalue weighted by Gasteiger charge is -2.06. The van der Waals surface area contributed by atoms with Gasteiger partial charge in [0.1, 0.15) is 12.1 Å². The molecule has 1 aromatic carbocycles. The fraction of sp³-hybridized carbons (Fsp3) is 0.167. The quantitative estimate of drug-likeness (QED) is 0.818. The molecule has 4 heteroatoms. The highest BCUT2D eigenvalue weighted by Crippen LogP contribution is 2.08. The lowest BCUT2D eigenvalue weighted by atomic mass is 10.3. The van der Waals surface area contributed by atoms with Gasteiger partial charge < -0.3 is 10.6 Å². The Kier molecular flexibility index (Phi) is 3.33. The van der Waals surface area contributed by atoms with Gasteiger partial charge in [-0.05, 0) is 12.1 Å². The molecule has 16 heavy (non-hydrogen) atoms. The second-order valence-electron chi connectivity index (χ2n) is 3.36. The first-order chi connectivity index (χ1) is 7.88. The van der Waals surface area contributed by atoms with E-state index in [1.54, 1.807) is 6.33 Å². The predicted octanol–water partition coefficient (Wildman–Crippen LogP) is 2.13. The Bertz CT molecular complexity index is 442. The van der Waals surface area contributed by atoms with E-state index in [1.165, 1.54) is 0 Å². The van der Waals surface area contributed by atoms with Crippen molar-refractivity contribution in [1.82, 2.24) is 9.97 Å². The summed E-state index contributed by atoms with van der Waals surface area (Å²) in [5, 5.41) is 6.28. The number of aromatic nitrogens is 2. The molecule has 4 nitrogen and oxygen atoms in total. The summed E-state index contributed by atoms with van der Waals surface area (Å²) in [6.07, 6.45) is 1.56. The Morgan fingerprint density at radius 1 is 1.12 bits per heavy atom. The molecule has 2 rings (SSSR count). The van der Waals surface area contributed by atoms with Crippen molar-refractivity contribution in [3.8, 4) is 0 Å². The van der Waals surface area contributed by atoms with Gasteiger partial charge in [0.15, 0.2) is 0 Å². The van der Waals surface area contributed by atoms with Gasteiger partial charge in [-0.1, -0.05) is 18.2 Å². The van der Waals surface area contributed by atoms with Gasteiger partial charge in [-0.15, -0.1) is 0 Å². The Hall–Kier alpha value is -2.10. The molecule has 0 aliphatic rings. The molecule has 0 saturated carbocycles. The van der Waals surface area contributed by atoms with Crippen LogP contribution in [0.2, 0.25) is 0 Å². The topological polar surface area (TPSA) is 49.8 Å². The molecule has 0 spiro atoms. The second-order valence-corrected chi connectivity index (χ2v) is 3.36. The van der Waals surface area contributed by atoms with Crippen molar-refractivity contribution in [3.05, 3.63) is 48.4 Å². The smallest absolute Gasteiger partial charge is 0.129 e. The Balaban J connectivity index is 1.99. The van der Waals surface area contributed by atoms with Crippen molar-refractivity contribution in [2.24, 2.45) is 0 Å². The molecule has 1 aromatic heterocycles. The number of anilines is 2. The van der Waals surface area contributed by atoms with Gasteiger partial charge in [0.2, 0.25) is 0 Å². The van der Waals surface area contributed by atoms with Crippen molar-refractivity contribution in [3.63, 3.8) is 0 Å². The molecule has 0 atom stereocenters. The fourth-order valence-corrected chi connectivity index (χ4v) is 1.38. The molecule has 0 saturated heterocycles. The minimum Gasteiger partial charge on any atom is -0.379 e. The zero-order valence-electron chi connectivity index (χ0n) is 9.14. The van der Waals surface area contributed by atoms with E-state index in [4.69, 9.17) is 0 Å². The van der Waals surface area contributed by atoms with Crippen molar-refractivity contribution < 1.29 is 0 Å². The summed E-state index contributed by atoms with van der Waals surface area (Å²) in [7, 11) is 1.84. The molecule has 0 radical (unpaired) electrons. The van der Waals surface area contributed by atoms with Gasteiger partial charge in [-0.25, -0.2) is 9.97 Å². The van der Waals surface area contributed by atoms with Gasteiger partial charge in [0.25, 0.3) is 0 Å². The van der Waals surface area contributed by atoms with E-state index in [2.05, 4.69) is 20.6 Å². The van der Waals surface area contributed by atoms with Crippen LogP contribution in [-0.4, -0.2) is 17.0 Å². The average molecular weight is 214 g/mol. The van der Waals surface area contributed by atoms with Crippen LogP contribution in [0, 0.1) is 0 Å². The van der Waals surface area contributed by atoms with Crippen LogP contribution in [0.25, 0.3) is 0 Å². The first-order valence-corrected chi connectivity index (χ1v) is 5.16. The zero-order valence-corrected chi connectivity index (χ0v) is 9.14. The van der Waals surface area contributed by atoms with Crippen molar-refractivity contribution in [1.29, 1.82) is 0 Å². The summed E-state index contributed by atoms with van der Waals surface area (Å²) in [4.78, 5) is 8.25. The largest absolute Gasteiger partial charge is 0.379 e. The van der Waals surface area contributed by atoms with Crippen LogP contribution >= 0.6 is 0 Å². The van der Waals surface area contributed by atoms with E-state index in [0.717, 1.165) is 17.2 Å². The van der Waals surface area contributed by atoms with Crippen LogP contribution in [0.5, 0.6) is 0 Å². The van der Waals surface area contributed by atoms with E-state index in [-0.39, 0.29) is 0 Å². The number of para-hydroxylation sites is 1. The van der Waals surface area contributed by atoms with Crippen LogP contribution in [0.4, 0.5) is 11.5 Å². The summed E-state index contributed by atoms with van der Waals surface area (Å²) in [6.45, 7) is 0.696. The maximum absolute atomic E-state index is 4.19. The van der Waals surface area contributed by atoms with E-state index in [1.807, 2.05) is 43.4 Å². The minimum absolute atomic E-state index is 0.696. The van der Waals surface area contributed by atoms with E-state index in [9.17, 15) is 0 Å². The third kappa shape index (κ3) is 2.70. The summed E-state index contributed by atoms with van der Waals surface area (Å²) < 4.78 is 0. The molecule has 82 valence electrons. The maximum atomic E-state index is 4.19. The zero-order chi connectivity index (χ0) is 11.2. The number of benzene rings is 1. The molecule has 2 aromatic rings. The summed E-state index contributed by atoms with van der Waals surface area (Å²) in [5.74, 6) is 0.833. The summed E-state index contributed by atoms with van der Waals surface area (Å²) in [5.41, 5.74) is 2.05. The van der Waals surface area contributed by atoms with E-state index in [0.29, 0.717) is 6.54 Å². The van der Waals surface area contributed by atoms with Gasteiger partial charge in [0.05, 0.1) is 12.2 Å². The molecule has 2 N–H and O–H groups in total. The Labute approximate surface area is 94.8 Å². The van der Waals surface area contributed by atoms with Crippen molar-refractivity contribution >= 4 is 11.5 Å². The van der Waals surface area contributed by atoms with E-state index < -0.39 is 0 Å². The highest BCUT2D eigenvalue weighted by molar-refractivity contribution is 5.43. The second kappa shape index (κ2) is 5.11. The van der Waals surface area contributed by atoms with Crippen LogP contribution in [0.15, 0.2) is 42.7 Å². The lowest BCUT2D eigenvalue weighted by molar-refractivity contribution is 1.01. The number of nitrogens with zero attached hydrogens (tertiary/aromatic N) is 2. The molecular formula is C12H14N4. The van der Waals surface area contributed by atoms with Crippen molar-refractivity contribution in [2.75, 3.05) is 17.7 Å². The van der Waals surface area contributed by atoms with Gasteiger partial charge in [0, 0.05) is 18.8 Å². The molecular weight excluding hydrogens is 200 g/mol. The minimum atomic E-state index is 0.696. The number of hydrogen-bond donors (Lipinski definition) is 2. The summed E-state index contributed by atoms with van der Waals surface area (Å²) in [6, 6.07) is 12.0. The highest BCUT2D eigenvalue weighted by atomic mass is 15.0.